The van der Waals surface area contributed by atoms with E-state index in [1.165, 1.54) is 23.2 Å². The number of rotatable bonds is 0. The Morgan fingerprint density at radius 2 is 2.14 bits per heavy atom. The molecule has 2 aliphatic heterocycles. The highest BCUT2D eigenvalue weighted by atomic mass is 19.1. The summed E-state index contributed by atoms with van der Waals surface area (Å²) in [4.78, 5) is 26.3. The van der Waals surface area contributed by atoms with Gasteiger partial charge < -0.3 is 10.2 Å². The minimum Gasteiger partial charge on any atom is -0.314 e. The number of halogens is 1. The van der Waals surface area contributed by atoms with Crippen molar-refractivity contribution >= 4 is 23.3 Å². The average molecular weight is 286 g/mol. The van der Waals surface area contributed by atoms with Crippen LogP contribution in [-0.4, -0.2) is 29.1 Å². The first-order valence-electron chi connectivity index (χ1n) is 6.46. The van der Waals surface area contributed by atoms with Crippen molar-refractivity contribution in [2.75, 3.05) is 17.3 Å². The summed E-state index contributed by atoms with van der Waals surface area (Å²) in [5, 5.41) is 9.23. The topological polar surface area (TPSA) is 78.1 Å². The van der Waals surface area contributed by atoms with E-state index in [0.717, 1.165) is 0 Å². The number of likely N-dealkylation sites (N-methyl/N-ethyl adjacent to an activating group) is 1. The largest absolute Gasteiger partial charge is 0.314 e. The zero-order valence-corrected chi connectivity index (χ0v) is 11.1. The Morgan fingerprint density at radius 1 is 1.33 bits per heavy atom. The first-order valence-corrected chi connectivity index (χ1v) is 6.46. The van der Waals surface area contributed by atoms with Gasteiger partial charge in [0, 0.05) is 24.7 Å². The molecule has 0 bridgehead atoms. The van der Waals surface area contributed by atoms with Crippen molar-refractivity contribution in [2.45, 2.75) is 11.8 Å². The van der Waals surface area contributed by atoms with Gasteiger partial charge in [-0.15, -0.1) is 0 Å². The van der Waals surface area contributed by atoms with Crippen LogP contribution in [0.25, 0.3) is 0 Å². The third-order valence-corrected chi connectivity index (χ3v) is 4.24. The van der Waals surface area contributed by atoms with Gasteiger partial charge >= 0.3 is 0 Å². The quantitative estimate of drug-likeness (QED) is 0.762. The van der Waals surface area contributed by atoms with Gasteiger partial charge in [0.05, 0.1) is 6.20 Å². The number of benzene rings is 1. The van der Waals surface area contributed by atoms with E-state index in [0.29, 0.717) is 22.6 Å². The van der Waals surface area contributed by atoms with Crippen molar-refractivity contribution in [2.24, 2.45) is 0 Å². The Labute approximate surface area is 118 Å². The normalized spacial score (nSPS) is 23.2. The van der Waals surface area contributed by atoms with Crippen molar-refractivity contribution in [3.8, 4) is 0 Å². The molecule has 0 aliphatic carbocycles. The van der Waals surface area contributed by atoms with Crippen molar-refractivity contribution in [3.05, 3.63) is 41.3 Å². The predicted molar refractivity (Wildman–Crippen MR) is 72.4 cm³/mol. The number of hydrogen-bond donors (Lipinski definition) is 2. The number of aromatic nitrogens is 2. The van der Waals surface area contributed by atoms with Crippen LogP contribution in [0.4, 0.5) is 15.9 Å². The molecule has 0 radical (unpaired) electrons. The summed E-state index contributed by atoms with van der Waals surface area (Å²) in [6, 6.07) is 4.19. The molecule has 1 aromatic heterocycles. The summed E-state index contributed by atoms with van der Waals surface area (Å²) in [5.41, 5.74) is 0.496. The second-order valence-electron chi connectivity index (χ2n) is 5.31. The third kappa shape index (κ3) is 1.32. The average Bonchev–Trinajstić information content (AvgIpc) is 2.99. The number of carbonyl (C=O) groups excluding carboxylic acids is 2. The maximum absolute atomic E-state index is 13.7. The molecule has 0 unspecified atom stereocenters. The van der Waals surface area contributed by atoms with E-state index in [2.05, 4.69) is 15.5 Å². The second-order valence-corrected chi connectivity index (χ2v) is 5.31. The smallest absolute Gasteiger partial charge is 0.242 e. The molecular weight excluding hydrogens is 275 g/mol. The Bertz CT molecular complexity index is 800. The summed E-state index contributed by atoms with van der Waals surface area (Å²) < 4.78 is 13.7. The molecule has 2 amide bonds. The van der Waals surface area contributed by atoms with Gasteiger partial charge in [-0.1, -0.05) is 0 Å². The molecule has 106 valence electrons. The fourth-order valence-corrected chi connectivity index (χ4v) is 3.31. The Balaban J connectivity index is 2.08. The lowest BCUT2D eigenvalue weighted by atomic mass is 9.72. The fourth-order valence-electron chi connectivity index (χ4n) is 3.31. The summed E-state index contributed by atoms with van der Waals surface area (Å²) in [5.74, 6) is -0.594. The number of hydrogen-bond acceptors (Lipinski definition) is 3. The minimum atomic E-state index is -1.20. The molecule has 6 nitrogen and oxygen atoms in total. The summed E-state index contributed by atoms with van der Waals surface area (Å²) >= 11 is 0. The third-order valence-electron chi connectivity index (χ3n) is 4.24. The van der Waals surface area contributed by atoms with Crippen LogP contribution in [0, 0.1) is 5.82 Å². The molecule has 3 heterocycles. The van der Waals surface area contributed by atoms with E-state index < -0.39 is 11.2 Å². The fraction of sp³-hybridized carbons (Fsp3) is 0.214. The number of fused-ring (bicyclic) bond motifs is 4. The molecule has 1 atom stereocenters. The number of amides is 2. The molecule has 0 saturated carbocycles. The zero-order chi connectivity index (χ0) is 14.8. The highest BCUT2D eigenvalue weighted by molar-refractivity contribution is 6.15. The lowest BCUT2D eigenvalue weighted by Crippen LogP contribution is -2.45. The standard InChI is InChI=1S/C14H11FN4O2/c1-19-10-3-2-7(15)4-8(10)14(13(19)21)5-11(20)17-12-9(14)6-16-18-12/h2-4,6H,5H2,1H3,(H2,16,17,18,20)/t14-/m0/s1. The monoisotopic (exact) mass is 286 g/mol. The van der Waals surface area contributed by atoms with Crippen molar-refractivity contribution in [3.63, 3.8) is 0 Å². The van der Waals surface area contributed by atoms with Crippen LogP contribution in [0.1, 0.15) is 17.5 Å². The van der Waals surface area contributed by atoms with Crippen LogP contribution in [0.3, 0.4) is 0 Å². The molecule has 1 aromatic carbocycles. The van der Waals surface area contributed by atoms with Crippen molar-refractivity contribution in [1.29, 1.82) is 0 Å². The molecule has 21 heavy (non-hydrogen) atoms. The van der Waals surface area contributed by atoms with Gasteiger partial charge in [-0.3, -0.25) is 14.7 Å². The van der Waals surface area contributed by atoms with Gasteiger partial charge in [0.15, 0.2) is 0 Å². The number of aromatic amines is 1. The van der Waals surface area contributed by atoms with E-state index in [9.17, 15) is 14.0 Å². The molecule has 7 heteroatoms. The van der Waals surface area contributed by atoms with Crippen molar-refractivity contribution < 1.29 is 14.0 Å². The Morgan fingerprint density at radius 3 is 2.95 bits per heavy atom. The van der Waals surface area contributed by atoms with Gasteiger partial charge in [0.25, 0.3) is 0 Å². The SMILES string of the molecule is CN1C(=O)[C@@]2(CC(=O)Nc3[nH]ncc32)c2cc(F)ccc21. The van der Waals surface area contributed by atoms with E-state index in [1.807, 2.05) is 0 Å². The maximum Gasteiger partial charge on any atom is 0.242 e. The van der Waals surface area contributed by atoms with Gasteiger partial charge in [-0.2, -0.15) is 5.10 Å². The van der Waals surface area contributed by atoms with Crippen LogP contribution in [0.2, 0.25) is 0 Å². The van der Waals surface area contributed by atoms with Crippen LogP contribution >= 0.6 is 0 Å². The van der Waals surface area contributed by atoms with Crippen LogP contribution < -0.4 is 10.2 Å². The zero-order valence-electron chi connectivity index (χ0n) is 11.1. The number of H-pyrrole nitrogens is 1. The van der Waals surface area contributed by atoms with Gasteiger partial charge in [0.2, 0.25) is 11.8 Å². The van der Waals surface area contributed by atoms with Crippen molar-refractivity contribution in [1.82, 2.24) is 10.2 Å². The van der Waals surface area contributed by atoms with Crippen LogP contribution in [0.5, 0.6) is 0 Å². The molecule has 1 spiro atoms. The first-order chi connectivity index (χ1) is 10.0. The molecule has 4 rings (SSSR count). The molecule has 2 N–H and O–H groups in total. The summed E-state index contributed by atoms with van der Waals surface area (Å²) in [6.07, 6.45) is 1.46. The van der Waals surface area contributed by atoms with E-state index >= 15 is 0 Å². The van der Waals surface area contributed by atoms with Gasteiger partial charge in [-0.25, -0.2) is 4.39 Å². The number of anilines is 2. The Hall–Kier alpha value is -2.70. The van der Waals surface area contributed by atoms with Crippen LogP contribution in [0.15, 0.2) is 24.4 Å². The number of nitrogens with one attached hydrogen (secondary N) is 2. The highest BCUT2D eigenvalue weighted by Gasteiger charge is 2.56. The molecule has 2 aliphatic rings. The number of nitrogens with zero attached hydrogens (tertiary/aromatic N) is 2. The second kappa shape index (κ2) is 3.69. The van der Waals surface area contributed by atoms with Crippen LogP contribution in [-0.2, 0) is 15.0 Å². The molecule has 0 fully saturated rings. The summed E-state index contributed by atoms with van der Waals surface area (Å²) in [6.45, 7) is 0. The van der Waals surface area contributed by atoms with Gasteiger partial charge in [-0.05, 0) is 23.8 Å². The molecule has 0 saturated heterocycles. The molecular formula is C14H11FN4O2. The summed E-state index contributed by atoms with van der Waals surface area (Å²) in [7, 11) is 1.63. The first kappa shape index (κ1) is 12.1. The Kier molecular flexibility index (Phi) is 2.12. The predicted octanol–water partition coefficient (Wildman–Crippen LogP) is 1.15. The van der Waals surface area contributed by atoms with E-state index in [4.69, 9.17) is 0 Å². The van der Waals surface area contributed by atoms with E-state index in [1.54, 1.807) is 13.1 Å². The minimum absolute atomic E-state index is 0.0564. The van der Waals surface area contributed by atoms with Gasteiger partial charge in [0.1, 0.15) is 17.1 Å². The lowest BCUT2D eigenvalue weighted by molar-refractivity contribution is -0.126. The highest BCUT2D eigenvalue weighted by Crippen LogP contribution is 2.51. The maximum atomic E-state index is 13.7. The molecule has 2 aromatic rings. The van der Waals surface area contributed by atoms with E-state index in [-0.39, 0.29) is 18.2 Å². The number of carbonyl (C=O) groups is 2. The lowest BCUT2D eigenvalue weighted by Gasteiger charge is -2.31.